The van der Waals surface area contributed by atoms with Crippen molar-refractivity contribution in [3.63, 3.8) is 0 Å². The lowest BCUT2D eigenvalue weighted by atomic mass is 10.2. The highest BCUT2D eigenvalue weighted by atomic mass is 16.5. The standard InChI is InChI=1S/C14H20O2/c1-2-3-4-12-16-14-9-7-13(8-10-14)6-5-11-15/h5-10,15H,2-4,11-12H2,1H3. The quantitative estimate of drug-likeness (QED) is 0.715. The van der Waals surface area contributed by atoms with Gasteiger partial charge in [0.05, 0.1) is 13.2 Å². The van der Waals surface area contributed by atoms with Crippen LogP contribution >= 0.6 is 0 Å². The number of benzene rings is 1. The third-order valence-corrected chi connectivity index (χ3v) is 2.31. The SMILES string of the molecule is CCCCCOc1ccc(C=CCO)cc1. The third kappa shape index (κ3) is 4.99. The molecule has 0 saturated carbocycles. The first kappa shape index (κ1) is 12.8. The average molecular weight is 220 g/mol. The van der Waals surface area contributed by atoms with Gasteiger partial charge < -0.3 is 9.84 Å². The number of rotatable bonds is 7. The van der Waals surface area contributed by atoms with E-state index in [1.54, 1.807) is 6.08 Å². The number of ether oxygens (including phenoxy) is 1. The van der Waals surface area contributed by atoms with Crippen LogP contribution in [0.5, 0.6) is 5.75 Å². The Hall–Kier alpha value is -1.28. The summed E-state index contributed by atoms with van der Waals surface area (Å²) in [5.41, 5.74) is 1.08. The molecule has 1 N–H and O–H groups in total. The van der Waals surface area contributed by atoms with Crippen molar-refractivity contribution in [2.45, 2.75) is 26.2 Å². The molecular formula is C14H20O2. The largest absolute Gasteiger partial charge is 0.494 e. The molecule has 0 aliphatic carbocycles. The molecule has 0 radical (unpaired) electrons. The van der Waals surface area contributed by atoms with Crippen LogP contribution in [0, 0.1) is 0 Å². The Morgan fingerprint density at radius 1 is 1.19 bits per heavy atom. The van der Waals surface area contributed by atoms with Gasteiger partial charge in [0.1, 0.15) is 5.75 Å². The Balaban J connectivity index is 2.36. The third-order valence-electron chi connectivity index (χ3n) is 2.31. The lowest BCUT2D eigenvalue weighted by Crippen LogP contribution is -1.96. The summed E-state index contributed by atoms with van der Waals surface area (Å²) in [6, 6.07) is 7.90. The van der Waals surface area contributed by atoms with Crippen molar-refractivity contribution >= 4 is 6.08 Å². The molecule has 0 unspecified atom stereocenters. The highest BCUT2D eigenvalue weighted by Gasteiger charge is 1.93. The first-order valence-electron chi connectivity index (χ1n) is 5.87. The van der Waals surface area contributed by atoms with Crippen molar-refractivity contribution in [2.75, 3.05) is 13.2 Å². The van der Waals surface area contributed by atoms with Crippen LogP contribution in [0.2, 0.25) is 0 Å². The second-order valence-corrected chi connectivity index (χ2v) is 3.71. The van der Waals surface area contributed by atoms with E-state index in [1.165, 1.54) is 12.8 Å². The number of unbranched alkanes of at least 4 members (excludes halogenated alkanes) is 2. The molecule has 0 aromatic heterocycles. The van der Waals surface area contributed by atoms with Crippen molar-refractivity contribution in [2.24, 2.45) is 0 Å². The van der Waals surface area contributed by atoms with Gasteiger partial charge in [-0.3, -0.25) is 0 Å². The van der Waals surface area contributed by atoms with E-state index in [1.807, 2.05) is 30.3 Å². The van der Waals surface area contributed by atoms with Crippen LogP contribution in [0.25, 0.3) is 6.08 Å². The van der Waals surface area contributed by atoms with Gasteiger partial charge in [-0.1, -0.05) is 44.1 Å². The topological polar surface area (TPSA) is 29.5 Å². The fraction of sp³-hybridized carbons (Fsp3) is 0.429. The molecule has 1 aromatic carbocycles. The number of aliphatic hydroxyl groups is 1. The Morgan fingerprint density at radius 3 is 2.56 bits per heavy atom. The summed E-state index contributed by atoms with van der Waals surface area (Å²) in [6.45, 7) is 3.05. The molecule has 1 rings (SSSR count). The van der Waals surface area contributed by atoms with Crippen molar-refractivity contribution in [3.8, 4) is 5.75 Å². The summed E-state index contributed by atoms with van der Waals surface area (Å²) >= 11 is 0. The van der Waals surface area contributed by atoms with Gasteiger partial charge in [0, 0.05) is 0 Å². The van der Waals surface area contributed by atoms with E-state index in [-0.39, 0.29) is 6.61 Å². The first-order valence-corrected chi connectivity index (χ1v) is 5.87. The minimum Gasteiger partial charge on any atom is -0.494 e. The molecule has 88 valence electrons. The summed E-state index contributed by atoms with van der Waals surface area (Å²) in [7, 11) is 0. The molecule has 0 amide bonds. The van der Waals surface area contributed by atoms with E-state index in [0.29, 0.717) is 0 Å². The van der Waals surface area contributed by atoms with E-state index >= 15 is 0 Å². The van der Waals surface area contributed by atoms with Crippen molar-refractivity contribution in [3.05, 3.63) is 35.9 Å². The second kappa shape index (κ2) is 7.94. The zero-order valence-corrected chi connectivity index (χ0v) is 9.86. The normalized spacial score (nSPS) is 10.9. The molecule has 2 heteroatoms. The van der Waals surface area contributed by atoms with Crippen LogP contribution in [0.15, 0.2) is 30.3 Å². The second-order valence-electron chi connectivity index (χ2n) is 3.71. The van der Waals surface area contributed by atoms with E-state index in [9.17, 15) is 0 Å². The summed E-state index contributed by atoms with van der Waals surface area (Å²) in [5.74, 6) is 0.914. The average Bonchev–Trinajstić information content (AvgIpc) is 2.33. The van der Waals surface area contributed by atoms with Crippen molar-refractivity contribution in [1.82, 2.24) is 0 Å². The summed E-state index contributed by atoms with van der Waals surface area (Å²) < 4.78 is 5.59. The molecule has 0 fully saturated rings. The number of hydrogen-bond donors (Lipinski definition) is 1. The van der Waals surface area contributed by atoms with Gasteiger partial charge in [-0.2, -0.15) is 0 Å². The smallest absolute Gasteiger partial charge is 0.119 e. The highest BCUT2D eigenvalue weighted by Crippen LogP contribution is 2.13. The molecular weight excluding hydrogens is 200 g/mol. The Kier molecular flexibility index (Phi) is 6.35. The monoisotopic (exact) mass is 220 g/mol. The predicted molar refractivity (Wildman–Crippen MR) is 67.6 cm³/mol. The van der Waals surface area contributed by atoms with Crippen LogP contribution in [0.3, 0.4) is 0 Å². The van der Waals surface area contributed by atoms with Crippen LogP contribution in [0.1, 0.15) is 31.7 Å². The van der Waals surface area contributed by atoms with Crippen LogP contribution < -0.4 is 4.74 Å². The van der Waals surface area contributed by atoms with E-state index in [0.717, 1.165) is 24.3 Å². The molecule has 1 aromatic rings. The van der Waals surface area contributed by atoms with Gasteiger partial charge in [0.2, 0.25) is 0 Å². The molecule has 0 bridgehead atoms. The van der Waals surface area contributed by atoms with Gasteiger partial charge in [-0.05, 0) is 24.1 Å². The van der Waals surface area contributed by atoms with E-state index in [4.69, 9.17) is 9.84 Å². The number of aliphatic hydroxyl groups excluding tert-OH is 1. The fourth-order valence-corrected chi connectivity index (χ4v) is 1.41. The Labute approximate surface area is 97.6 Å². The van der Waals surface area contributed by atoms with Gasteiger partial charge in [-0.15, -0.1) is 0 Å². The van der Waals surface area contributed by atoms with Crippen LogP contribution in [0.4, 0.5) is 0 Å². The maximum absolute atomic E-state index is 8.64. The summed E-state index contributed by atoms with van der Waals surface area (Å²) in [5, 5.41) is 8.64. The molecule has 0 aliphatic rings. The predicted octanol–water partition coefficient (Wildman–Crippen LogP) is 3.26. The van der Waals surface area contributed by atoms with Gasteiger partial charge in [0.25, 0.3) is 0 Å². The summed E-state index contributed by atoms with van der Waals surface area (Å²) in [6.07, 6.45) is 7.16. The maximum atomic E-state index is 8.64. The van der Waals surface area contributed by atoms with E-state index < -0.39 is 0 Å². The molecule has 2 nitrogen and oxygen atoms in total. The molecule has 0 heterocycles. The van der Waals surface area contributed by atoms with Crippen molar-refractivity contribution < 1.29 is 9.84 Å². The number of hydrogen-bond acceptors (Lipinski definition) is 2. The molecule has 16 heavy (non-hydrogen) atoms. The zero-order valence-electron chi connectivity index (χ0n) is 9.86. The Morgan fingerprint density at radius 2 is 1.94 bits per heavy atom. The molecule has 0 saturated heterocycles. The Bertz CT molecular complexity index is 301. The minimum atomic E-state index is 0.0786. The fourth-order valence-electron chi connectivity index (χ4n) is 1.41. The van der Waals surface area contributed by atoms with Gasteiger partial charge in [-0.25, -0.2) is 0 Å². The van der Waals surface area contributed by atoms with E-state index in [2.05, 4.69) is 6.92 Å². The lowest BCUT2D eigenvalue weighted by Gasteiger charge is -2.05. The van der Waals surface area contributed by atoms with Crippen LogP contribution in [-0.4, -0.2) is 18.3 Å². The molecule has 0 atom stereocenters. The zero-order chi connectivity index (χ0) is 11.6. The highest BCUT2D eigenvalue weighted by molar-refractivity contribution is 5.50. The molecule has 0 aliphatic heterocycles. The van der Waals surface area contributed by atoms with Crippen LogP contribution in [-0.2, 0) is 0 Å². The minimum absolute atomic E-state index is 0.0786. The lowest BCUT2D eigenvalue weighted by molar-refractivity contribution is 0.306. The molecule has 0 spiro atoms. The van der Waals surface area contributed by atoms with Crippen molar-refractivity contribution in [1.29, 1.82) is 0 Å². The first-order chi connectivity index (χ1) is 7.86. The van der Waals surface area contributed by atoms with Gasteiger partial charge in [0.15, 0.2) is 0 Å². The summed E-state index contributed by atoms with van der Waals surface area (Å²) in [4.78, 5) is 0. The maximum Gasteiger partial charge on any atom is 0.119 e. The van der Waals surface area contributed by atoms with Gasteiger partial charge >= 0.3 is 0 Å².